The fourth-order valence-electron chi connectivity index (χ4n) is 3.27. The minimum absolute atomic E-state index is 0.111. The molecule has 0 N–H and O–H groups in total. The predicted molar refractivity (Wildman–Crippen MR) is 120 cm³/mol. The second-order valence-electron chi connectivity index (χ2n) is 8.64. The topological polar surface area (TPSA) is 82.1 Å². The van der Waals surface area contributed by atoms with Gasteiger partial charge in [-0.3, -0.25) is 9.69 Å². The van der Waals surface area contributed by atoms with Crippen LogP contribution in [0, 0.1) is 20.8 Å². The van der Waals surface area contributed by atoms with E-state index in [0.29, 0.717) is 5.56 Å². The van der Waals surface area contributed by atoms with Gasteiger partial charge in [0.15, 0.2) is 0 Å². The molecule has 2 aromatic rings. The van der Waals surface area contributed by atoms with Gasteiger partial charge < -0.3 is 14.2 Å². The first-order valence-electron chi connectivity index (χ1n) is 10.4. The molecule has 0 aromatic heterocycles. The third-order valence-corrected chi connectivity index (χ3v) is 4.81. The molecule has 7 nitrogen and oxygen atoms in total. The van der Waals surface area contributed by atoms with Gasteiger partial charge in [-0.2, -0.15) is 0 Å². The Labute approximate surface area is 189 Å². The lowest BCUT2D eigenvalue weighted by atomic mass is 10.0. The highest BCUT2D eigenvalue weighted by atomic mass is 16.7. The van der Waals surface area contributed by atoms with Crippen LogP contribution in [0.3, 0.4) is 0 Å². The maximum absolute atomic E-state index is 12.6. The van der Waals surface area contributed by atoms with E-state index in [1.165, 1.54) is 4.90 Å². The van der Waals surface area contributed by atoms with E-state index in [9.17, 15) is 14.4 Å². The summed E-state index contributed by atoms with van der Waals surface area (Å²) in [7, 11) is 0. The second kappa shape index (κ2) is 10.8. The number of rotatable bonds is 7. The van der Waals surface area contributed by atoms with Crippen molar-refractivity contribution in [3.05, 3.63) is 70.3 Å². The van der Waals surface area contributed by atoms with Gasteiger partial charge in [0.2, 0.25) is 6.79 Å². The first-order valence-corrected chi connectivity index (χ1v) is 10.4. The molecule has 172 valence electrons. The summed E-state index contributed by atoms with van der Waals surface area (Å²) >= 11 is 0. The maximum atomic E-state index is 12.6. The first-order chi connectivity index (χ1) is 15.0. The van der Waals surface area contributed by atoms with Crippen LogP contribution in [-0.2, 0) is 25.6 Å². The van der Waals surface area contributed by atoms with Crippen molar-refractivity contribution in [2.75, 3.05) is 13.3 Å². The van der Waals surface area contributed by atoms with Gasteiger partial charge >= 0.3 is 18.0 Å². The summed E-state index contributed by atoms with van der Waals surface area (Å²) in [6.45, 7) is 10.2. The van der Waals surface area contributed by atoms with E-state index in [1.807, 2.05) is 63.2 Å². The van der Waals surface area contributed by atoms with E-state index in [1.54, 1.807) is 20.8 Å². The number of aryl methyl sites for hydroxylation is 3. The summed E-state index contributed by atoms with van der Waals surface area (Å²) < 4.78 is 15.5. The zero-order valence-electron chi connectivity index (χ0n) is 19.6. The van der Waals surface area contributed by atoms with E-state index in [4.69, 9.17) is 14.2 Å². The molecule has 2 rings (SSSR count). The minimum atomic E-state index is -0.778. The Kier molecular flexibility index (Phi) is 8.41. The van der Waals surface area contributed by atoms with Gasteiger partial charge in [-0.25, -0.2) is 9.59 Å². The van der Waals surface area contributed by atoms with Crippen LogP contribution in [0.25, 0.3) is 0 Å². The maximum Gasteiger partial charge on any atom is 0.413 e. The van der Waals surface area contributed by atoms with Gasteiger partial charge in [0.05, 0.1) is 5.56 Å². The average molecular weight is 442 g/mol. The van der Waals surface area contributed by atoms with E-state index in [2.05, 4.69) is 0 Å². The molecule has 1 amide bonds. The fourth-order valence-corrected chi connectivity index (χ4v) is 3.27. The number of benzene rings is 2. The SMILES string of the molecule is Cc1cc(C)c(C(=O)OCOC(=O)N(CC(=O)OCc2ccccc2)C(C)(C)C)c(C)c1. The van der Waals surface area contributed by atoms with Crippen LogP contribution in [0.4, 0.5) is 4.79 Å². The lowest BCUT2D eigenvalue weighted by Crippen LogP contribution is -2.49. The molecule has 0 fully saturated rings. The van der Waals surface area contributed by atoms with Crippen molar-refractivity contribution >= 4 is 18.0 Å². The zero-order chi connectivity index (χ0) is 23.9. The molecule has 7 heteroatoms. The fraction of sp³-hybridized carbons (Fsp3) is 0.400. The Morgan fingerprint density at radius 2 is 1.47 bits per heavy atom. The highest BCUT2D eigenvalue weighted by molar-refractivity contribution is 5.92. The van der Waals surface area contributed by atoms with Gasteiger partial charge in [-0.05, 0) is 58.2 Å². The van der Waals surface area contributed by atoms with Crippen molar-refractivity contribution in [1.29, 1.82) is 0 Å². The predicted octanol–water partition coefficient (Wildman–Crippen LogP) is 4.71. The van der Waals surface area contributed by atoms with Gasteiger partial charge in [0.1, 0.15) is 13.2 Å². The second-order valence-corrected chi connectivity index (χ2v) is 8.64. The molecule has 0 bridgehead atoms. The first kappa shape index (κ1) is 24.9. The molecule has 0 aliphatic rings. The summed E-state index contributed by atoms with van der Waals surface area (Å²) in [6, 6.07) is 13.0. The molecular weight excluding hydrogens is 410 g/mol. The standard InChI is InChI=1S/C25H31NO6/c1-17-12-18(2)22(19(3)13-17)23(28)31-16-32-24(29)26(25(4,5)6)14-21(27)30-15-20-10-8-7-9-11-20/h7-13H,14-16H2,1-6H3. The molecule has 0 heterocycles. The number of carbonyl (C=O) groups is 3. The third kappa shape index (κ3) is 7.11. The van der Waals surface area contributed by atoms with Gasteiger partial charge in [0.25, 0.3) is 0 Å². The molecule has 32 heavy (non-hydrogen) atoms. The normalized spacial score (nSPS) is 10.9. The molecule has 0 radical (unpaired) electrons. The Balaban J connectivity index is 1.92. The number of nitrogens with zero attached hydrogens (tertiary/aromatic N) is 1. The highest BCUT2D eigenvalue weighted by Crippen LogP contribution is 2.18. The number of esters is 2. The van der Waals surface area contributed by atoms with E-state index >= 15 is 0 Å². The summed E-state index contributed by atoms with van der Waals surface area (Å²) in [5, 5.41) is 0. The van der Waals surface area contributed by atoms with Crippen molar-refractivity contribution in [2.24, 2.45) is 0 Å². The van der Waals surface area contributed by atoms with Crippen molar-refractivity contribution in [3.8, 4) is 0 Å². The Morgan fingerprint density at radius 1 is 0.875 bits per heavy atom. The molecule has 0 spiro atoms. The van der Waals surface area contributed by atoms with Crippen LogP contribution in [0.15, 0.2) is 42.5 Å². The molecule has 2 aromatic carbocycles. The molecule has 0 atom stereocenters. The number of hydrogen-bond donors (Lipinski definition) is 0. The van der Waals surface area contributed by atoms with Gasteiger partial charge in [0, 0.05) is 5.54 Å². The smallest absolute Gasteiger partial charge is 0.413 e. The Morgan fingerprint density at radius 3 is 2.03 bits per heavy atom. The van der Waals surface area contributed by atoms with Crippen LogP contribution in [0.5, 0.6) is 0 Å². The van der Waals surface area contributed by atoms with Gasteiger partial charge in [-0.15, -0.1) is 0 Å². The zero-order valence-corrected chi connectivity index (χ0v) is 19.6. The molecule has 0 aliphatic carbocycles. The molecule has 0 unspecified atom stereocenters. The third-order valence-electron chi connectivity index (χ3n) is 4.81. The van der Waals surface area contributed by atoms with Crippen LogP contribution in [-0.4, -0.2) is 41.8 Å². The largest absolute Gasteiger partial charge is 0.459 e. The van der Waals surface area contributed by atoms with Crippen LogP contribution in [0.2, 0.25) is 0 Å². The number of ether oxygens (including phenoxy) is 3. The van der Waals surface area contributed by atoms with Crippen molar-refractivity contribution < 1.29 is 28.6 Å². The van der Waals surface area contributed by atoms with Crippen LogP contribution in [0.1, 0.15) is 53.4 Å². The number of hydrogen-bond acceptors (Lipinski definition) is 6. The van der Waals surface area contributed by atoms with E-state index in [-0.39, 0.29) is 13.2 Å². The average Bonchev–Trinajstić information content (AvgIpc) is 2.69. The number of amides is 1. The van der Waals surface area contributed by atoms with Crippen LogP contribution < -0.4 is 0 Å². The van der Waals surface area contributed by atoms with E-state index < -0.39 is 30.4 Å². The summed E-state index contributed by atoms with van der Waals surface area (Å²) in [5.74, 6) is -1.14. The molecule has 0 aliphatic heterocycles. The van der Waals surface area contributed by atoms with Crippen LogP contribution >= 0.6 is 0 Å². The summed E-state index contributed by atoms with van der Waals surface area (Å²) in [4.78, 5) is 38.6. The molecule has 0 saturated heterocycles. The lowest BCUT2D eigenvalue weighted by molar-refractivity contribution is -0.147. The Hall–Kier alpha value is -3.35. The summed E-state index contributed by atoms with van der Waals surface area (Å²) in [5.41, 5.74) is 3.20. The molecular formula is C25H31NO6. The lowest BCUT2D eigenvalue weighted by Gasteiger charge is -2.33. The minimum Gasteiger partial charge on any atom is -0.459 e. The van der Waals surface area contributed by atoms with Crippen molar-refractivity contribution in [2.45, 2.75) is 53.7 Å². The van der Waals surface area contributed by atoms with Crippen molar-refractivity contribution in [3.63, 3.8) is 0 Å². The van der Waals surface area contributed by atoms with Gasteiger partial charge in [-0.1, -0.05) is 48.0 Å². The highest BCUT2D eigenvalue weighted by Gasteiger charge is 2.30. The molecule has 0 saturated carbocycles. The van der Waals surface area contributed by atoms with Crippen molar-refractivity contribution in [1.82, 2.24) is 4.90 Å². The Bertz CT molecular complexity index is 939. The monoisotopic (exact) mass is 441 g/mol. The van der Waals surface area contributed by atoms with E-state index in [0.717, 1.165) is 22.3 Å². The quantitative estimate of drug-likeness (QED) is 0.457. The number of carbonyl (C=O) groups excluding carboxylic acids is 3. The summed E-state index contributed by atoms with van der Waals surface area (Å²) in [6.07, 6.45) is -0.778.